The van der Waals surface area contributed by atoms with Crippen molar-refractivity contribution in [3.05, 3.63) is 47.8 Å². The zero-order valence-corrected chi connectivity index (χ0v) is 13.9. The van der Waals surface area contributed by atoms with Crippen LogP contribution in [0, 0.1) is 13.8 Å². The molecule has 4 rings (SSSR count). The van der Waals surface area contributed by atoms with E-state index in [0.717, 1.165) is 60.0 Å². The predicted octanol–water partition coefficient (Wildman–Crippen LogP) is 2.81. The van der Waals surface area contributed by atoms with Crippen molar-refractivity contribution in [3.63, 3.8) is 0 Å². The fourth-order valence-corrected chi connectivity index (χ4v) is 3.45. The van der Waals surface area contributed by atoms with Crippen LogP contribution in [-0.4, -0.2) is 36.5 Å². The molecule has 3 aromatic heterocycles. The Morgan fingerprint density at radius 2 is 2.17 bits per heavy atom. The van der Waals surface area contributed by atoms with Gasteiger partial charge in [-0.25, -0.2) is 9.97 Å². The Bertz CT molecular complexity index is 806. The summed E-state index contributed by atoms with van der Waals surface area (Å²) in [7, 11) is 0. The van der Waals surface area contributed by atoms with Crippen LogP contribution in [0.1, 0.15) is 41.7 Å². The molecule has 0 saturated carbocycles. The first kappa shape index (κ1) is 15.0. The van der Waals surface area contributed by atoms with Gasteiger partial charge >= 0.3 is 0 Å². The number of hydrogen-bond acceptors (Lipinski definition) is 6. The van der Waals surface area contributed by atoms with E-state index in [-0.39, 0.29) is 6.04 Å². The van der Waals surface area contributed by atoms with E-state index >= 15 is 0 Å². The van der Waals surface area contributed by atoms with E-state index in [4.69, 9.17) is 9.51 Å². The van der Waals surface area contributed by atoms with Crippen molar-refractivity contribution < 1.29 is 4.52 Å². The molecule has 1 atom stereocenters. The molecule has 3 aromatic rings. The van der Waals surface area contributed by atoms with Gasteiger partial charge in [-0.05, 0) is 33.2 Å². The Kier molecular flexibility index (Phi) is 3.86. The summed E-state index contributed by atoms with van der Waals surface area (Å²) in [6.07, 6.45) is 9.51. The average molecular weight is 324 g/mol. The first-order valence-corrected chi connectivity index (χ1v) is 8.19. The third-order valence-electron chi connectivity index (χ3n) is 4.58. The lowest BCUT2D eigenvalue weighted by Gasteiger charge is -2.23. The zero-order valence-electron chi connectivity index (χ0n) is 13.9. The summed E-state index contributed by atoms with van der Waals surface area (Å²) in [5.74, 6) is 0.777. The van der Waals surface area contributed by atoms with Crippen molar-refractivity contribution in [2.45, 2.75) is 39.3 Å². The molecule has 1 fully saturated rings. The highest BCUT2D eigenvalue weighted by molar-refractivity contribution is 5.62. The number of aromatic amines is 1. The number of hydrogen-bond donors (Lipinski definition) is 1. The number of H-pyrrole nitrogens is 1. The second-order valence-electron chi connectivity index (χ2n) is 6.23. The van der Waals surface area contributed by atoms with Gasteiger partial charge in [-0.2, -0.15) is 0 Å². The number of nitrogens with one attached hydrogen (secondary N) is 1. The molecule has 7 heteroatoms. The summed E-state index contributed by atoms with van der Waals surface area (Å²) < 4.78 is 5.27. The molecule has 4 heterocycles. The van der Waals surface area contributed by atoms with Crippen LogP contribution in [0.2, 0.25) is 0 Å². The second kappa shape index (κ2) is 6.16. The summed E-state index contributed by atoms with van der Waals surface area (Å²) in [5, 5.41) is 4.02. The first-order chi connectivity index (χ1) is 11.7. The Balaban J connectivity index is 1.63. The number of aryl methyl sites for hydroxylation is 2. The monoisotopic (exact) mass is 324 g/mol. The SMILES string of the molecule is Cc1noc(C)c1-c1cncc([C@@H]2CCCN2Cc2cnc[nH]2)n1. The van der Waals surface area contributed by atoms with E-state index in [9.17, 15) is 0 Å². The van der Waals surface area contributed by atoms with Crippen molar-refractivity contribution in [1.82, 2.24) is 30.0 Å². The second-order valence-corrected chi connectivity index (χ2v) is 6.23. The summed E-state index contributed by atoms with van der Waals surface area (Å²) >= 11 is 0. The summed E-state index contributed by atoms with van der Waals surface area (Å²) in [6.45, 7) is 5.74. The number of imidazole rings is 1. The molecule has 1 aliphatic heterocycles. The van der Waals surface area contributed by atoms with Crippen LogP contribution in [0.15, 0.2) is 29.4 Å². The highest BCUT2D eigenvalue weighted by Gasteiger charge is 2.28. The molecule has 0 spiro atoms. The van der Waals surface area contributed by atoms with Gasteiger partial charge in [0.1, 0.15) is 5.76 Å². The minimum atomic E-state index is 0.279. The normalized spacial score (nSPS) is 18.3. The molecule has 0 aliphatic carbocycles. The predicted molar refractivity (Wildman–Crippen MR) is 88.0 cm³/mol. The molecule has 1 N–H and O–H groups in total. The van der Waals surface area contributed by atoms with E-state index in [2.05, 4.69) is 25.0 Å². The highest BCUT2D eigenvalue weighted by atomic mass is 16.5. The smallest absolute Gasteiger partial charge is 0.143 e. The van der Waals surface area contributed by atoms with Gasteiger partial charge in [0.05, 0.1) is 47.4 Å². The van der Waals surface area contributed by atoms with Crippen LogP contribution in [0.5, 0.6) is 0 Å². The van der Waals surface area contributed by atoms with Gasteiger partial charge in [0.25, 0.3) is 0 Å². The van der Waals surface area contributed by atoms with Gasteiger partial charge in [-0.1, -0.05) is 5.16 Å². The van der Waals surface area contributed by atoms with Crippen LogP contribution in [0.4, 0.5) is 0 Å². The molecule has 1 saturated heterocycles. The number of nitrogens with zero attached hydrogens (tertiary/aromatic N) is 5. The van der Waals surface area contributed by atoms with Crippen LogP contribution >= 0.6 is 0 Å². The third-order valence-corrected chi connectivity index (χ3v) is 4.58. The molecule has 0 aromatic carbocycles. The molecule has 0 bridgehead atoms. The van der Waals surface area contributed by atoms with Gasteiger partial charge in [0.2, 0.25) is 0 Å². The maximum Gasteiger partial charge on any atom is 0.143 e. The molecule has 0 radical (unpaired) electrons. The van der Waals surface area contributed by atoms with Crippen molar-refractivity contribution in [3.8, 4) is 11.3 Å². The van der Waals surface area contributed by atoms with Crippen LogP contribution in [-0.2, 0) is 6.54 Å². The Morgan fingerprint density at radius 3 is 2.92 bits per heavy atom. The van der Waals surface area contributed by atoms with E-state index in [0.29, 0.717) is 0 Å². The maximum absolute atomic E-state index is 5.27. The van der Waals surface area contributed by atoms with Crippen molar-refractivity contribution >= 4 is 0 Å². The van der Waals surface area contributed by atoms with Crippen molar-refractivity contribution in [1.29, 1.82) is 0 Å². The van der Waals surface area contributed by atoms with E-state index < -0.39 is 0 Å². The average Bonchev–Trinajstić information content (AvgIpc) is 3.31. The van der Waals surface area contributed by atoms with Gasteiger partial charge in [-0.15, -0.1) is 0 Å². The Morgan fingerprint density at radius 1 is 1.25 bits per heavy atom. The number of likely N-dealkylation sites (tertiary alicyclic amines) is 1. The summed E-state index contributed by atoms with van der Waals surface area (Å²) in [4.78, 5) is 19.0. The lowest BCUT2D eigenvalue weighted by molar-refractivity contribution is 0.241. The standard InChI is InChI=1S/C17H20N6O/c1-11-17(12(2)24-22-11)15-8-18-7-14(21-15)16-4-3-5-23(16)9-13-6-19-10-20-13/h6-8,10,16H,3-5,9H2,1-2H3,(H,19,20)/t16-/m0/s1. The van der Waals surface area contributed by atoms with E-state index in [1.54, 1.807) is 12.5 Å². The van der Waals surface area contributed by atoms with Crippen LogP contribution in [0.25, 0.3) is 11.3 Å². The molecule has 0 amide bonds. The lowest BCUT2D eigenvalue weighted by Crippen LogP contribution is -2.23. The van der Waals surface area contributed by atoms with Crippen LogP contribution < -0.4 is 0 Å². The Labute approximate surface area is 140 Å². The van der Waals surface area contributed by atoms with Crippen molar-refractivity contribution in [2.24, 2.45) is 0 Å². The molecule has 24 heavy (non-hydrogen) atoms. The van der Waals surface area contributed by atoms with Gasteiger partial charge in [0, 0.05) is 18.4 Å². The van der Waals surface area contributed by atoms with Gasteiger partial charge in [-0.3, -0.25) is 9.88 Å². The summed E-state index contributed by atoms with van der Waals surface area (Å²) in [5.41, 5.74) is 4.75. The molecule has 1 aliphatic rings. The molecule has 7 nitrogen and oxygen atoms in total. The number of aromatic nitrogens is 5. The van der Waals surface area contributed by atoms with E-state index in [1.807, 2.05) is 26.2 Å². The maximum atomic E-state index is 5.27. The van der Waals surface area contributed by atoms with Gasteiger partial charge < -0.3 is 9.51 Å². The zero-order chi connectivity index (χ0) is 16.5. The number of rotatable bonds is 4. The molecule has 124 valence electrons. The largest absolute Gasteiger partial charge is 0.361 e. The molecular weight excluding hydrogens is 304 g/mol. The molecule has 0 unspecified atom stereocenters. The third kappa shape index (κ3) is 2.71. The summed E-state index contributed by atoms with van der Waals surface area (Å²) in [6, 6.07) is 0.279. The molecular formula is C17H20N6O. The highest BCUT2D eigenvalue weighted by Crippen LogP contribution is 2.33. The minimum Gasteiger partial charge on any atom is -0.361 e. The quantitative estimate of drug-likeness (QED) is 0.794. The fraction of sp³-hybridized carbons (Fsp3) is 0.412. The minimum absolute atomic E-state index is 0.279. The van der Waals surface area contributed by atoms with Crippen LogP contribution in [0.3, 0.4) is 0 Å². The lowest BCUT2D eigenvalue weighted by atomic mass is 10.1. The van der Waals surface area contributed by atoms with Gasteiger partial charge in [0.15, 0.2) is 0 Å². The van der Waals surface area contributed by atoms with E-state index in [1.165, 1.54) is 0 Å². The fourth-order valence-electron chi connectivity index (χ4n) is 3.45. The topological polar surface area (TPSA) is 83.7 Å². The van der Waals surface area contributed by atoms with Crippen molar-refractivity contribution in [2.75, 3.05) is 6.54 Å². The Hall–Kier alpha value is -2.54. The first-order valence-electron chi connectivity index (χ1n) is 8.19.